The Kier molecular flexibility index (Phi) is 6.84. The van der Waals surface area contributed by atoms with Gasteiger partial charge in [-0.25, -0.2) is 0 Å². The zero-order valence-corrected chi connectivity index (χ0v) is 20.4. The van der Waals surface area contributed by atoms with Crippen LogP contribution in [0.5, 0.6) is 11.5 Å². The third kappa shape index (κ3) is 5.17. The monoisotopic (exact) mass is 484 g/mol. The maximum absolute atomic E-state index is 12.9. The molecule has 8 heteroatoms. The van der Waals surface area contributed by atoms with Crippen molar-refractivity contribution >= 4 is 11.6 Å². The molecular weight excluding hydrogens is 456 g/mol. The highest BCUT2D eigenvalue weighted by Crippen LogP contribution is 2.30. The van der Waals surface area contributed by atoms with Gasteiger partial charge in [0.1, 0.15) is 11.5 Å². The molecule has 0 atom stereocenters. The van der Waals surface area contributed by atoms with E-state index in [1.54, 1.807) is 13.2 Å². The Bertz CT molecular complexity index is 1310. The van der Waals surface area contributed by atoms with Gasteiger partial charge in [0.15, 0.2) is 6.61 Å². The van der Waals surface area contributed by atoms with Crippen LogP contribution in [0.25, 0.3) is 22.8 Å². The molecule has 36 heavy (non-hydrogen) atoms. The summed E-state index contributed by atoms with van der Waals surface area (Å²) in [5.74, 6) is 2.16. The summed E-state index contributed by atoms with van der Waals surface area (Å²) in [6.45, 7) is 4.77. The van der Waals surface area contributed by atoms with Gasteiger partial charge in [0, 0.05) is 37.4 Å². The summed E-state index contributed by atoms with van der Waals surface area (Å²) in [6, 6.07) is 23.3. The van der Waals surface area contributed by atoms with E-state index in [0.29, 0.717) is 36.1 Å². The van der Waals surface area contributed by atoms with Gasteiger partial charge in [0.2, 0.25) is 5.82 Å². The number of rotatable bonds is 7. The fraction of sp³-hybridized carbons (Fsp3) is 0.250. The first-order valence-electron chi connectivity index (χ1n) is 11.9. The minimum atomic E-state index is -0.0570. The molecule has 0 unspecified atom stereocenters. The number of aromatic nitrogens is 2. The molecule has 1 saturated heterocycles. The smallest absolute Gasteiger partial charge is 0.262 e. The van der Waals surface area contributed by atoms with Gasteiger partial charge in [-0.1, -0.05) is 47.1 Å². The third-order valence-electron chi connectivity index (χ3n) is 6.27. The summed E-state index contributed by atoms with van der Waals surface area (Å²) in [6.07, 6.45) is 0. The van der Waals surface area contributed by atoms with Gasteiger partial charge in [-0.05, 0) is 43.3 Å². The van der Waals surface area contributed by atoms with Gasteiger partial charge in [0.25, 0.3) is 11.8 Å². The Labute approximate surface area is 210 Å². The number of nitrogens with zero attached hydrogens (tertiary/aromatic N) is 4. The number of ether oxygens (including phenoxy) is 2. The van der Waals surface area contributed by atoms with Crippen LogP contribution >= 0.6 is 0 Å². The topological polar surface area (TPSA) is 80.9 Å². The van der Waals surface area contributed by atoms with Crippen molar-refractivity contribution in [2.75, 3.05) is 44.8 Å². The van der Waals surface area contributed by atoms with Gasteiger partial charge >= 0.3 is 0 Å². The Hall–Kier alpha value is -4.33. The van der Waals surface area contributed by atoms with Crippen molar-refractivity contribution in [3.63, 3.8) is 0 Å². The first kappa shape index (κ1) is 23.4. The molecule has 2 heterocycles. The molecule has 0 bridgehead atoms. The second kappa shape index (κ2) is 10.5. The second-order valence-corrected chi connectivity index (χ2v) is 8.64. The number of hydrogen-bond acceptors (Lipinski definition) is 7. The molecule has 184 valence electrons. The first-order chi connectivity index (χ1) is 17.6. The van der Waals surface area contributed by atoms with E-state index in [-0.39, 0.29) is 12.5 Å². The minimum absolute atomic E-state index is 0.0509. The minimum Gasteiger partial charge on any atom is -0.497 e. The molecule has 1 fully saturated rings. The molecule has 1 aliphatic heterocycles. The Morgan fingerprint density at radius 3 is 2.39 bits per heavy atom. The summed E-state index contributed by atoms with van der Waals surface area (Å²) in [5, 5.41) is 4.12. The number of amides is 1. The van der Waals surface area contributed by atoms with Crippen LogP contribution < -0.4 is 14.4 Å². The summed E-state index contributed by atoms with van der Waals surface area (Å²) >= 11 is 0. The Balaban J connectivity index is 1.19. The zero-order valence-electron chi connectivity index (χ0n) is 20.4. The summed E-state index contributed by atoms with van der Waals surface area (Å²) in [7, 11) is 1.66. The van der Waals surface area contributed by atoms with Crippen molar-refractivity contribution in [3.05, 3.63) is 78.4 Å². The van der Waals surface area contributed by atoms with Gasteiger partial charge < -0.3 is 23.8 Å². The molecular formula is C28H28N4O4. The molecule has 1 aromatic heterocycles. The average molecular weight is 485 g/mol. The first-order valence-corrected chi connectivity index (χ1v) is 11.9. The number of para-hydroxylation sites is 1. The predicted molar refractivity (Wildman–Crippen MR) is 137 cm³/mol. The van der Waals surface area contributed by atoms with Crippen molar-refractivity contribution in [1.29, 1.82) is 0 Å². The van der Waals surface area contributed by atoms with Crippen molar-refractivity contribution < 1.29 is 18.8 Å². The summed E-state index contributed by atoms with van der Waals surface area (Å²) in [5.41, 5.74) is 3.81. The average Bonchev–Trinajstić information content (AvgIpc) is 3.42. The van der Waals surface area contributed by atoms with E-state index in [4.69, 9.17) is 14.0 Å². The van der Waals surface area contributed by atoms with Crippen LogP contribution in [0.3, 0.4) is 0 Å². The van der Waals surface area contributed by atoms with Crippen LogP contribution in [-0.2, 0) is 4.79 Å². The lowest BCUT2D eigenvalue weighted by Gasteiger charge is -2.36. The number of hydrogen-bond donors (Lipinski definition) is 0. The fourth-order valence-electron chi connectivity index (χ4n) is 4.16. The van der Waals surface area contributed by atoms with E-state index in [0.717, 1.165) is 35.7 Å². The molecule has 0 saturated carbocycles. The van der Waals surface area contributed by atoms with Crippen molar-refractivity contribution in [3.8, 4) is 34.3 Å². The number of piperazine rings is 1. The second-order valence-electron chi connectivity index (χ2n) is 8.64. The van der Waals surface area contributed by atoms with E-state index < -0.39 is 0 Å². The fourth-order valence-corrected chi connectivity index (χ4v) is 4.16. The Morgan fingerprint density at radius 1 is 0.944 bits per heavy atom. The predicted octanol–water partition coefficient (Wildman–Crippen LogP) is 4.45. The standard InChI is InChI=1S/C28H28N4O4/c1-20-7-9-21(10-8-20)27-29-28(36-30-27)24-5-3-4-6-25(24)35-19-26(33)32-17-15-31(16-18-32)22-11-13-23(34-2)14-12-22/h3-14H,15-19H2,1-2H3. The van der Waals surface area contributed by atoms with Crippen LogP contribution in [0.1, 0.15) is 5.56 Å². The van der Waals surface area contributed by atoms with E-state index in [1.807, 2.05) is 78.6 Å². The van der Waals surface area contributed by atoms with Crippen LogP contribution in [0, 0.1) is 6.92 Å². The van der Waals surface area contributed by atoms with Gasteiger partial charge in [0.05, 0.1) is 12.7 Å². The number of benzene rings is 3. The molecule has 0 aliphatic carbocycles. The lowest BCUT2D eigenvalue weighted by Crippen LogP contribution is -2.50. The maximum atomic E-state index is 12.9. The number of aryl methyl sites for hydroxylation is 1. The van der Waals surface area contributed by atoms with E-state index in [9.17, 15) is 4.79 Å². The lowest BCUT2D eigenvalue weighted by molar-refractivity contribution is -0.133. The molecule has 0 N–H and O–H groups in total. The van der Waals surface area contributed by atoms with Crippen LogP contribution in [0.4, 0.5) is 5.69 Å². The summed E-state index contributed by atoms with van der Waals surface area (Å²) in [4.78, 5) is 21.5. The summed E-state index contributed by atoms with van der Waals surface area (Å²) < 4.78 is 16.7. The molecule has 3 aromatic carbocycles. The quantitative estimate of drug-likeness (QED) is 0.383. The molecule has 0 radical (unpaired) electrons. The zero-order chi connectivity index (χ0) is 24.9. The SMILES string of the molecule is COc1ccc(N2CCN(C(=O)COc3ccccc3-c3nc(-c4ccc(C)cc4)no3)CC2)cc1. The van der Waals surface area contributed by atoms with Crippen LogP contribution in [0.15, 0.2) is 77.3 Å². The molecule has 1 amide bonds. The highest BCUT2D eigenvalue weighted by Gasteiger charge is 2.22. The lowest BCUT2D eigenvalue weighted by atomic mass is 10.1. The largest absolute Gasteiger partial charge is 0.497 e. The van der Waals surface area contributed by atoms with E-state index >= 15 is 0 Å². The van der Waals surface area contributed by atoms with Gasteiger partial charge in [-0.3, -0.25) is 4.79 Å². The van der Waals surface area contributed by atoms with E-state index in [2.05, 4.69) is 15.0 Å². The highest BCUT2D eigenvalue weighted by atomic mass is 16.5. The molecule has 1 aliphatic rings. The number of carbonyl (C=O) groups is 1. The molecule has 4 aromatic rings. The van der Waals surface area contributed by atoms with Gasteiger partial charge in [-0.15, -0.1) is 0 Å². The van der Waals surface area contributed by atoms with Crippen molar-refractivity contribution in [2.24, 2.45) is 0 Å². The normalized spacial score (nSPS) is 13.5. The maximum Gasteiger partial charge on any atom is 0.262 e. The van der Waals surface area contributed by atoms with Crippen LogP contribution in [0.2, 0.25) is 0 Å². The molecule has 5 rings (SSSR count). The number of carbonyl (C=O) groups excluding carboxylic acids is 1. The third-order valence-corrected chi connectivity index (χ3v) is 6.27. The number of anilines is 1. The Morgan fingerprint density at radius 2 is 1.67 bits per heavy atom. The van der Waals surface area contributed by atoms with Crippen molar-refractivity contribution in [2.45, 2.75) is 6.92 Å². The molecule has 0 spiro atoms. The van der Waals surface area contributed by atoms with Gasteiger partial charge in [-0.2, -0.15) is 4.98 Å². The van der Waals surface area contributed by atoms with Crippen molar-refractivity contribution in [1.82, 2.24) is 15.0 Å². The number of methoxy groups -OCH3 is 1. The van der Waals surface area contributed by atoms with E-state index in [1.165, 1.54) is 0 Å². The molecule has 8 nitrogen and oxygen atoms in total. The highest BCUT2D eigenvalue weighted by molar-refractivity contribution is 5.78. The van der Waals surface area contributed by atoms with Crippen LogP contribution in [-0.4, -0.2) is 60.8 Å².